The van der Waals surface area contributed by atoms with Crippen LogP contribution in [0.1, 0.15) is 25.3 Å². The van der Waals surface area contributed by atoms with Crippen molar-refractivity contribution in [2.24, 2.45) is 11.7 Å². The molecule has 1 fully saturated rings. The second kappa shape index (κ2) is 9.27. The third-order valence-electron chi connectivity index (χ3n) is 4.37. The van der Waals surface area contributed by atoms with E-state index in [4.69, 9.17) is 10.5 Å². The second-order valence-electron chi connectivity index (χ2n) is 6.13. The van der Waals surface area contributed by atoms with Crippen molar-refractivity contribution in [1.29, 1.82) is 0 Å². The van der Waals surface area contributed by atoms with Crippen molar-refractivity contribution in [3.05, 3.63) is 35.9 Å². The molecule has 1 aromatic rings. The molecule has 0 radical (unpaired) electrons. The molecule has 1 saturated heterocycles. The number of carbonyl (C=O) groups is 2. The van der Waals surface area contributed by atoms with Gasteiger partial charge in [0.25, 0.3) is 0 Å². The summed E-state index contributed by atoms with van der Waals surface area (Å²) in [7, 11) is 0. The first-order valence-corrected chi connectivity index (χ1v) is 8.57. The quantitative estimate of drug-likeness (QED) is 0.862. The molecule has 1 aromatic carbocycles. The van der Waals surface area contributed by atoms with Crippen molar-refractivity contribution in [2.45, 2.75) is 26.4 Å². The predicted molar refractivity (Wildman–Crippen MR) is 92.2 cm³/mol. The monoisotopic (exact) mass is 333 g/mol. The van der Waals surface area contributed by atoms with Gasteiger partial charge in [0, 0.05) is 26.2 Å². The summed E-state index contributed by atoms with van der Waals surface area (Å²) in [5, 5.41) is 0. The van der Waals surface area contributed by atoms with Crippen LogP contribution in [0, 0.1) is 5.92 Å². The number of likely N-dealkylation sites (tertiary alicyclic amines) is 1. The van der Waals surface area contributed by atoms with Crippen LogP contribution in [0.2, 0.25) is 0 Å². The van der Waals surface area contributed by atoms with Crippen molar-refractivity contribution < 1.29 is 14.3 Å². The zero-order chi connectivity index (χ0) is 17.4. The lowest BCUT2D eigenvalue weighted by Gasteiger charge is -2.35. The van der Waals surface area contributed by atoms with Gasteiger partial charge in [0.15, 0.2) is 0 Å². The molecule has 1 aliphatic rings. The molecule has 2 rings (SSSR count). The minimum absolute atomic E-state index is 0.0191. The number of hydrogen-bond donors (Lipinski definition) is 1. The maximum atomic E-state index is 12.3. The summed E-state index contributed by atoms with van der Waals surface area (Å²) in [6.07, 6.45) is 1.66. The highest BCUT2D eigenvalue weighted by molar-refractivity contribution is 5.78. The standard InChI is InChI=1S/C18H27N3O3/c1-2-20(18(23)24-14-15-7-4-3-5-8-15)12-16-9-6-10-21(13-16)17(22)11-19/h3-5,7-8,16H,2,6,9-14,19H2,1H3/t16-/m1/s1. The van der Waals surface area contributed by atoms with Crippen LogP contribution in [-0.4, -0.2) is 54.5 Å². The Morgan fingerprint density at radius 3 is 2.75 bits per heavy atom. The average molecular weight is 333 g/mol. The molecule has 0 spiro atoms. The molecule has 0 unspecified atom stereocenters. The van der Waals surface area contributed by atoms with Gasteiger partial charge in [0.05, 0.1) is 6.54 Å². The Morgan fingerprint density at radius 1 is 1.33 bits per heavy atom. The van der Waals surface area contributed by atoms with Gasteiger partial charge in [-0.05, 0) is 31.2 Å². The first-order chi connectivity index (χ1) is 11.6. The van der Waals surface area contributed by atoms with E-state index in [1.54, 1.807) is 9.80 Å². The first-order valence-electron chi connectivity index (χ1n) is 8.57. The van der Waals surface area contributed by atoms with Crippen molar-refractivity contribution in [2.75, 3.05) is 32.7 Å². The molecule has 1 heterocycles. The molecule has 1 aliphatic heterocycles. The van der Waals surface area contributed by atoms with Crippen LogP contribution in [0.4, 0.5) is 4.79 Å². The highest BCUT2D eigenvalue weighted by Crippen LogP contribution is 2.18. The largest absolute Gasteiger partial charge is 0.445 e. The topological polar surface area (TPSA) is 75.9 Å². The zero-order valence-electron chi connectivity index (χ0n) is 14.3. The van der Waals surface area contributed by atoms with Crippen LogP contribution in [-0.2, 0) is 16.1 Å². The Bertz CT molecular complexity index is 536. The van der Waals surface area contributed by atoms with E-state index >= 15 is 0 Å². The van der Waals surface area contributed by atoms with E-state index in [-0.39, 0.29) is 31.1 Å². The lowest BCUT2D eigenvalue weighted by Crippen LogP contribution is -2.46. The van der Waals surface area contributed by atoms with Gasteiger partial charge in [-0.1, -0.05) is 30.3 Å². The Labute approximate surface area is 143 Å². The van der Waals surface area contributed by atoms with Crippen LogP contribution < -0.4 is 5.73 Å². The summed E-state index contributed by atoms with van der Waals surface area (Å²) in [5.41, 5.74) is 6.41. The zero-order valence-corrected chi connectivity index (χ0v) is 14.3. The van der Waals surface area contributed by atoms with Crippen LogP contribution >= 0.6 is 0 Å². The van der Waals surface area contributed by atoms with E-state index < -0.39 is 0 Å². The number of amides is 2. The molecule has 0 aromatic heterocycles. The van der Waals surface area contributed by atoms with Crippen LogP contribution in [0.15, 0.2) is 30.3 Å². The number of nitrogens with two attached hydrogens (primary N) is 1. The Balaban J connectivity index is 1.84. The molecule has 0 bridgehead atoms. The van der Waals surface area contributed by atoms with Crippen molar-refractivity contribution in [1.82, 2.24) is 9.80 Å². The molecule has 0 aliphatic carbocycles. The number of rotatable bonds is 6. The number of ether oxygens (including phenoxy) is 1. The smallest absolute Gasteiger partial charge is 0.410 e. The minimum atomic E-state index is -0.302. The molecule has 6 nitrogen and oxygen atoms in total. The maximum absolute atomic E-state index is 12.3. The second-order valence-corrected chi connectivity index (χ2v) is 6.13. The molecular weight excluding hydrogens is 306 g/mol. The minimum Gasteiger partial charge on any atom is -0.445 e. The highest BCUT2D eigenvalue weighted by Gasteiger charge is 2.26. The van der Waals surface area contributed by atoms with Gasteiger partial charge in [-0.25, -0.2) is 4.79 Å². The fraction of sp³-hybridized carbons (Fsp3) is 0.556. The summed E-state index contributed by atoms with van der Waals surface area (Å²) >= 11 is 0. The summed E-state index contributed by atoms with van der Waals surface area (Å²) in [6.45, 7) is 4.89. The SMILES string of the molecule is CCN(C[C@H]1CCCN(C(=O)CN)C1)C(=O)OCc1ccccc1. The summed E-state index contributed by atoms with van der Waals surface area (Å²) in [6, 6.07) is 9.64. The Morgan fingerprint density at radius 2 is 2.08 bits per heavy atom. The first kappa shape index (κ1) is 18.3. The number of piperidine rings is 1. The van der Waals surface area contributed by atoms with Gasteiger partial charge in [0.1, 0.15) is 6.61 Å². The molecule has 24 heavy (non-hydrogen) atoms. The van der Waals surface area contributed by atoms with Crippen molar-refractivity contribution >= 4 is 12.0 Å². The number of carbonyl (C=O) groups excluding carboxylic acids is 2. The third kappa shape index (κ3) is 5.23. The van der Waals surface area contributed by atoms with E-state index in [0.29, 0.717) is 19.6 Å². The van der Waals surface area contributed by atoms with E-state index in [2.05, 4.69) is 0 Å². The number of hydrogen-bond acceptors (Lipinski definition) is 4. The van der Waals surface area contributed by atoms with Crippen molar-refractivity contribution in [3.8, 4) is 0 Å². The lowest BCUT2D eigenvalue weighted by molar-refractivity contribution is -0.131. The maximum Gasteiger partial charge on any atom is 0.410 e. The van der Waals surface area contributed by atoms with Gasteiger partial charge in [0.2, 0.25) is 5.91 Å². The Kier molecular flexibility index (Phi) is 7.06. The third-order valence-corrected chi connectivity index (χ3v) is 4.37. The van der Waals surface area contributed by atoms with Gasteiger partial charge < -0.3 is 20.3 Å². The highest BCUT2D eigenvalue weighted by atomic mass is 16.6. The Hall–Kier alpha value is -2.08. The molecule has 0 saturated carbocycles. The van der Waals surface area contributed by atoms with Gasteiger partial charge in [-0.3, -0.25) is 4.79 Å². The summed E-state index contributed by atoms with van der Waals surface area (Å²) < 4.78 is 5.40. The molecule has 2 amide bonds. The van der Waals surface area contributed by atoms with E-state index in [0.717, 1.165) is 24.9 Å². The van der Waals surface area contributed by atoms with E-state index in [1.807, 2.05) is 37.3 Å². The van der Waals surface area contributed by atoms with Crippen LogP contribution in [0.3, 0.4) is 0 Å². The van der Waals surface area contributed by atoms with E-state index in [1.165, 1.54) is 0 Å². The average Bonchev–Trinajstić information content (AvgIpc) is 2.64. The van der Waals surface area contributed by atoms with Crippen molar-refractivity contribution in [3.63, 3.8) is 0 Å². The molecule has 1 atom stereocenters. The van der Waals surface area contributed by atoms with E-state index in [9.17, 15) is 9.59 Å². The van der Waals surface area contributed by atoms with Gasteiger partial charge in [-0.2, -0.15) is 0 Å². The fourth-order valence-corrected chi connectivity index (χ4v) is 3.02. The fourth-order valence-electron chi connectivity index (χ4n) is 3.02. The number of benzene rings is 1. The predicted octanol–water partition coefficient (Wildman–Crippen LogP) is 1.84. The molecule has 6 heteroatoms. The summed E-state index contributed by atoms with van der Waals surface area (Å²) in [4.78, 5) is 27.6. The number of nitrogens with zero attached hydrogens (tertiary/aromatic N) is 2. The van der Waals surface area contributed by atoms with Gasteiger partial charge >= 0.3 is 6.09 Å². The molecule has 132 valence electrons. The van der Waals surface area contributed by atoms with Crippen LogP contribution in [0.25, 0.3) is 0 Å². The summed E-state index contributed by atoms with van der Waals surface area (Å²) in [5.74, 6) is 0.257. The van der Waals surface area contributed by atoms with Gasteiger partial charge in [-0.15, -0.1) is 0 Å². The molecular formula is C18H27N3O3. The normalized spacial score (nSPS) is 17.4. The lowest BCUT2D eigenvalue weighted by atomic mass is 9.97. The molecule has 2 N–H and O–H groups in total. The van der Waals surface area contributed by atoms with Crippen LogP contribution in [0.5, 0.6) is 0 Å².